The van der Waals surface area contributed by atoms with E-state index in [-0.39, 0.29) is 17.5 Å². The van der Waals surface area contributed by atoms with Crippen molar-refractivity contribution in [3.63, 3.8) is 0 Å². The van der Waals surface area contributed by atoms with Crippen LogP contribution in [0.2, 0.25) is 0 Å². The van der Waals surface area contributed by atoms with Gasteiger partial charge in [0.15, 0.2) is 5.76 Å². The van der Waals surface area contributed by atoms with Crippen molar-refractivity contribution in [3.8, 4) is 0 Å². The molecule has 1 unspecified atom stereocenters. The smallest absolute Gasteiger partial charge is 0.207 e. The van der Waals surface area contributed by atoms with Gasteiger partial charge in [0.25, 0.3) is 0 Å². The zero-order valence-electron chi connectivity index (χ0n) is 7.66. The van der Waals surface area contributed by atoms with Crippen molar-refractivity contribution < 1.29 is 9.90 Å². The Morgan fingerprint density at radius 1 is 1.77 bits per heavy atom. The number of ketones is 1. The second-order valence-electron chi connectivity index (χ2n) is 2.92. The number of hydrogen-bond donors (Lipinski definition) is 1. The van der Waals surface area contributed by atoms with Crippen molar-refractivity contribution in [2.24, 2.45) is 10.9 Å². The third-order valence-corrected chi connectivity index (χ3v) is 2.01. The van der Waals surface area contributed by atoms with Gasteiger partial charge in [-0.15, -0.1) is 6.58 Å². The minimum absolute atomic E-state index is 0.183. The summed E-state index contributed by atoms with van der Waals surface area (Å²) in [4.78, 5) is 15.5. The predicted molar refractivity (Wildman–Crippen MR) is 51.7 cm³/mol. The van der Waals surface area contributed by atoms with Crippen LogP contribution in [0.4, 0.5) is 0 Å². The molecule has 0 aromatic heterocycles. The second-order valence-corrected chi connectivity index (χ2v) is 2.92. The molecule has 3 nitrogen and oxygen atoms in total. The summed E-state index contributed by atoms with van der Waals surface area (Å²) in [5, 5.41) is 9.42. The molecule has 0 amide bonds. The molecule has 70 valence electrons. The van der Waals surface area contributed by atoms with E-state index in [0.29, 0.717) is 18.5 Å². The first-order valence-corrected chi connectivity index (χ1v) is 4.32. The van der Waals surface area contributed by atoms with Crippen LogP contribution in [0, 0.1) is 5.92 Å². The van der Waals surface area contributed by atoms with Gasteiger partial charge in [0.1, 0.15) is 0 Å². The monoisotopic (exact) mass is 179 g/mol. The number of carbonyl (C=O) groups excluding carboxylic acids is 1. The highest BCUT2D eigenvalue weighted by molar-refractivity contribution is 6.06. The van der Waals surface area contributed by atoms with Crippen LogP contribution in [-0.4, -0.2) is 17.1 Å². The fourth-order valence-electron chi connectivity index (χ4n) is 1.23. The predicted octanol–water partition coefficient (Wildman–Crippen LogP) is 2.01. The Morgan fingerprint density at radius 2 is 2.46 bits per heavy atom. The number of aliphatic hydroxyl groups excluding tert-OH is 1. The lowest BCUT2D eigenvalue weighted by atomic mass is 9.96. The van der Waals surface area contributed by atoms with Crippen molar-refractivity contribution in [2.45, 2.75) is 19.8 Å². The van der Waals surface area contributed by atoms with E-state index in [1.165, 1.54) is 0 Å². The van der Waals surface area contributed by atoms with E-state index in [1.807, 2.05) is 6.92 Å². The number of carbonyl (C=O) groups is 1. The number of aliphatic hydroxyl groups is 1. The molecular weight excluding hydrogens is 166 g/mol. The Balaban J connectivity index is 2.86. The number of allylic oxidation sites excluding steroid dienone is 3. The van der Waals surface area contributed by atoms with Gasteiger partial charge in [0.2, 0.25) is 5.78 Å². The van der Waals surface area contributed by atoms with Crippen LogP contribution in [0.1, 0.15) is 19.8 Å². The fraction of sp³-hybridized carbons (Fsp3) is 0.400. The average molecular weight is 179 g/mol. The zero-order chi connectivity index (χ0) is 9.84. The van der Waals surface area contributed by atoms with Gasteiger partial charge in [0.05, 0.1) is 11.6 Å². The molecule has 0 saturated carbocycles. The van der Waals surface area contributed by atoms with Crippen molar-refractivity contribution in [3.05, 3.63) is 24.1 Å². The van der Waals surface area contributed by atoms with Crippen LogP contribution in [0.15, 0.2) is 29.1 Å². The van der Waals surface area contributed by atoms with Gasteiger partial charge in [-0.1, -0.05) is 13.0 Å². The highest BCUT2D eigenvalue weighted by Gasteiger charge is 2.24. The number of nitrogens with zero attached hydrogens (tertiary/aromatic N) is 1. The summed E-state index contributed by atoms with van der Waals surface area (Å²) in [6, 6.07) is 0. The number of Topliss-reactive ketones (excluding diaryl/α,β-unsaturated/α-hetero) is 1. The van der Waals surface area contributed by atoms with Gasteiger partial charge in [-0.2, -0.15) is 0 Å². The third-order valence-electron chi connectivity index (χ3n) is 2.01. The van der Waals surface area contributed by atoms with Crippen LogP contribution in [0.25, 0.3) is 0 Å². The topological polar surface area (TPSA) is 49.7 Å². The Hall–Kier alpha value is -1.38. The summed E-state index contributed by atoms with van der Waals surface area (Å²) in [6.07, 6.45) is 4.35. The lowest BCUT2D eigenvalue weighted by Gasteiger charge is -2.14. The van der Waals surface area contributed by atoms with E-state index < -0.39 is 0 Å². The zero-order valence-corrected chi connectivity index (χ0v) is 7.66. The highest BCUT2D eigenvalue weighted by atomic mass is 16.3. The molecule has 0 saturated heterocycles. The van der Waals surface area contributed by atoms with Gasteiger partial charge in [0, 0.05) is 6.21 Å². The molecule has 0 aromatic rings. The van der Waals surface area contributed by atoms with Gasteiger partial charge < -0.3 is 5.11 Å². The van der Waals surface area contributed by atoms with E-state index in [4.69, 9.17) is 0 Å². The number of hydrogen-bond acceptors (Lipinski definition) is 3. The molecule has 1 atom stereocenters. The maximum atomic E-state index is 11.4. The SMILES string of the molecule is C=CCC1C=NC(CC)=C(O)C1=O. The van der Waals surface area contributed by atoms with Crippen LogP contribution in [0.3, 0.4) is 0 Å². The molecule has 0 aromatic carbocycles. The standard InChI is InChI=1S/C10H13NO2/c1-3-5-7-6-11-8(4-2)10(13)9(7)12/h3,6-7,13H,1,4-5H2,2H3. The average Bonchev–Trinajstić information content (AvgIpc) is 2.14. The molecular formula is C10H13NO2. The Labute approximate surface area is 77.5 Å². The summed E-state index contributed by atoms with van der Waals surface area (Å²) in [7, 11) is 0. The van der Waals surface area contributed by atoms with Crippen LogP contribution in [-0.2, 0) is 4.79 Å². The number of aliphatic imine (C=N–C) groups is 1. The summed E-state index contributed by atoms with van der Waals surface area (Å²) in [5.74, 6) is -0.753. The third kappa shape index (κ3) is 1.86. The van der Waals surface area contributed by atoms with E-state index in [9.17, 15) is 9.90 Å². The molecule has 0 bridgehead atoms. The fourth-order valence-corrected chi connectivity index (χ4v) is 1.23. The molecule has 0 spiro atoms. The van der Waals surface area contributed by atoms with Crippen molar-refractivity contribution >= 4 is 12.0 Å². The van der Waals surface area contributed by atoms with E-state index in [0.717, 1.165) is 0 Å². The minimum Gasteiger partial charge on any atom is -0.503 e. The maximum Gasteiger partial charge on any atom is 0.207 e. The van der Waals surface area contributed by atoms with Crippen molar-refractivity contribution in [1.29, 1.82) is 0 Å². The molecule has 1 rings (SSSR count). The lowest BCUT2D eigenvalue weighted by Crippen LogP contribution is -2.22. The Morgan fingerprint density at radius 3 is 3.00 bits per heavy atom. The lowest BCUT2D eigenvalue weighted by molar-refractivity contribution is -0.119. The molecule has 3 heteroatoms. The molecule has 0 aliphatic carbocycles. The number of rotatable bonds is 3. The summed E-state index contributed by atoms with van der Waals surface area (Å²) >= 11 is 0. The molecule has 1 N–H and O–H groups in total. The second kappa shape index (κ2) is 4.03. The van der Waals surface area contributed by atoms with Crippen molar-refractivity contribution in [1.82, 2.24) is 0 Å². The van der Waals surface area contributed by atoms with Gasteiger partial charge >= 0.3 is 0 Å². The van der Waals surface area contributed by atoms with E-state index >= 15 is 0 Å². The van der Waals surface area contributed by atoms with E-state index in [2.05, 4.69) is 11.6 Å². The Bertz CT molecular complexity index is 289. The summed E-state index contributed by atoms with van der Waals surface area (Å²) in [6.45, 7) is 5.39. The van der Waals surface area contributed by atoms with Crippen LogP contribution < -0.4 is 0 Å². The quantitative estimate of drug-likeness (QED) is 0.674. The largest absolute Gasteiger partial charge is 0.503 e. The normalized spacial score (nSPS) is 22.2. The van der Waals surface area contributed by atoms with Gasteiger partial charge in [-0.3, -0.25) is 9.79 Å². The molecule has 1 heterocycles. The van der Waals surface area contributed by atoms with Gasteiger partial charge in [-0.25, -0.2) is 0 Å². The molecule has 1 aliphatic rings. The van der Waals surface area contributed by atoms with Crippen LogP contribution in [0.5, 0.6) is 0 Å². The summed E-state index contributed by atoms with van der Waals surface area (Å²) < 4.78 is 0. The Kier molecular flexibility index (Phi) is 3.01. The first-order chi connectivity index (χ1) is 6.20. The van der Waals surface area contributed by atoms with Crippen molar-refractivity contribution in [2.75, 3.05) is 0 Å². The maximum absolute atomic E-state index is 11.4. The minimum atomic E-state index is -0.326. The van der Waals surface area contributed by atoms with Crippen LogP contribution >= 0.6 is 0 Å². The first kappa shape index (κ1) is 9.71. The molecule has 0 fully saturated rings. The van der Waals surface area contributed by atoms with E-state index in [1.54, 1.807) is 12.3 Å². The van der Waals surface area contributed by atoms with Gasteiger partial charge in [-0.05, 0) is 12.8 Å². The molecule has 0 radical (unpaired) electrons. The molecule has 1 aliphatic heterocycles. The molecule has 13 heavy (non-hydrogen) atoms. The first-order valence-electron chi connectivity index (χ1n) is 4.32. The highest BCUT2D eigenvalue weighted by Crippen LogP contribution is 2.19. The summed E-state index contributed by atoms with van der Waals surface area (Å²) in [5.41, 5.74) is 0.477.